The Kier molecular flexibility index (Phi) is 7.45. The van der Waals surface area contributed by atoms with Crippen LogP contribution in [0, 0.1) is 0 Å². The first-order valence-electron chi connectivity index (χ1n) is 11.7. The number of hydrogen-bond donors (Lipinski definition) is 3. The summed E-state index contributed by atoms with van der Waals surface area (Å²) in [5.41, 5.74) is 5.90. The summed E-state index contributed by atoms with van der Waals surface area (Å²) < 4.78 is 5.51. The highest BCUT2D eigenvalue weighted by Crippen LogP contribution is 2.44. The van der Waals surface area contributed by atoms with E-state index in [2.05, 4.69) is 34.9 Å². The van der Waals surface area contributed by atoms with E-state index in [1.54, 1.807) is 6.07 Å². The molecule has 3 aromatic rings. The van der Waals surface area contributed by atoms with Crippen molar-refractivity contribution in [3.63, 3.8) is 0 Å². The Balaban J connectivity index is 1.21. The molecule has 0 bridgehead atoms. The molecule has 0 heterocycles. The van der Waals surface area contributed by atoms with E-state index < -0.39 is 12.1 Å². The van der Waals surface area contributed by atoms with Gasteiger partial charge in [0, 0.05) is 24.6 Å². The van der Waals surface area contributed by atoms with E-state index >= 15 is 0 Å². The van der Waals surface area contributed by atoms with Gasteiger partial charge in [0.05, 0.1) is 5.56 Å². The lowest BCUT2D eigenvalue weighted by molar-refractivity contribution is 0.0695. The fraction of sp³-hybridized carbons (Fsp3) is 0.250. The molecule has 0 atom stereocenters. The van der Waals surface area contributed by atoms with Gasteiger partial charge in [-0.2, -0.15) is 0 Å². The predicted octanol–water partition coefficient (Wildman–Crippen LogP) is 4.61. The summed E-state index contributed by atoms with van der Waals surface area (Å²) in [6, 6.07) is 20.9. The van der Waals surface area contributed by atoms with Gasteiger partial charge < -0.3 is 20.5 Å². The molecule has 1 aliphatic carbocycles. The quantitative estimate of drug-likeness (QED) is 0.395. The van der Waals surface area contributed by atoms with Crippen molar-refractivity contribution >= 4 is 18.0 Å². The van der Waals surface area contributed by atoms with Crippen LogP contribution in [0.1, 0.15) is 56.7 Å². The summed E-state index contributed by atoms with van der Waals surface area (Å²) in [5, 5.41) is 14.7. The fourth-order valence-electron chi connectivity index (χ4n) is 4.47. The molecule has 2 amide bonds. The van der Waals surface area contributed by atoms with Gasteiger partial charge in [0.25, 0.3) is 5.91 Å². The Bertz CT molecular complexity index is 1210. The van der Waals surface area contributed by atoms with E-state index in [1.165, 1.54) is 23.3 Å². The molecule has 0 aromatic heterocycles. The van der Waals surface area contributed by atoms with Crippen LogP contribution in [0.5, 0.6) is 0 Å². The topological polar surface area (TPSA) is 105 Å². The fourth-order valence-corrected chi connectivity index (χ4v) is 4.47. The second-order valence-electron chi connectivity index (χ2n) is 8.39. The third-order valence-electron chi connectivity index (χ3n) is 6.23. The van der Waals surface area contributed by atoms with Crippen molar-refractivity contribution in [1.82, 2.24) is 10.6 Å². The molecular formula is C28H28N2O5. The predicted molar refractivity (Wildman–Crippen MR) is 133 cm³/mol. The van der Waals surface area contributed by atoms with Gasteiger partial charge in [-0.15, -0.1) is 0 Å². The molecule has 3 N–H and O–H groups in total. The van der Waals surface area contributed by atoms with Gasteiger partial charge in [-0.1, -0.05) is 55.5 Å². The van der Waals surface area contributed by atoms with Crippen molar-refractivity contribution in [1.29, 1.82) is 0 Å². The van der Waals surface area contributed by atoms with Crippen LogP contribution in [0.4, 0.5) is 4.79 Å². The minimum atomic E-state index is -1.01. The maximum absolute atomic E-state index is 12.4. The number of benzene rings is 3. The van der Waals surface area contributed by atoms with Crippen LogP contribution < -0.4 is 10.6 Å². The Morgan fingerprint density at radius 1 is 0.886 bits per heavy atom. The number of aromatic carboxylic acids is 1. The average Bonchev–Trinajstić information content (AvgIpc) is 3.20. The smallest absolute Gasteiger partial charge is 0.407 e. The molecule has 7 heteroatoms. The van der Waals surface area contributed by atoms with E-state index in [4.69, 9.17) is 4.74 Å². The summed E-state index contributed by atoms with van der Waals surface area (Å²) in [7, 11) is 0. The number of fused-ring (bicyclic) bond motifs is 3. The molecule has 0 saturated carbocycles. The number of carboxylic acids is 1. The molecule has 0 spiro atoms. The molecular weight excluding hydrogens is 444 g/mol. The van der Waals surface area contributed by atoms with Gasteiger partial charge in [-0.05, 0) is 58.9 Å². The molecule has 0 saturated heterocycles. The van der Waals surface area contributed by atoms with Gasteiger partial charge in [0.2, 0.25) is 0 Å². The van der Waals surface area contributed by atoms with Crippen LogP contribution in [0.2, 0.25) is 0 Å². The van der Waals surface area contributed by atoms with Crippen molar-refractivity contribution in [2.24, 2.45) is 0 Å². The zero-order valence-electron chi connectivity index (χ0n) is 19.5. The first-order chi connectivity index (χ1) is 17.0. The highest BCUT2D eigenvalue weighted by molar-refractivity contribution is 5.96. The molecule has 35 heavy (non-hydrogen) atoms. The maximum atomic E-state index is 12.4. The van der Waals surface area contributed by atoms with Crippen molar-refractivity contribution in [3.8, 4) is 11.1 Å². The number of nitrogens with one attached hydrogen (secondary N) is 2. The number of aryl methyl sites for hydroxylation is 1. The SMILES string of the molecule is CCc1cc(C(=O)NCCCNC(=O)OCC2c3ccccc3-c3ccccc32)ccc1C(=O)O. The number of rotatable bonds is 9. The molecule has 0 unspecified atom stereocenters. The van der Waals surface area contributed by atoms with Gasteiger partial charge in [-0.3, -0.25) is 4.79 Å². The van der Waals surface area contributed by atoms with Crippen LogP contribution in [0.25, 0.3) is 11.1 Å². The van der Waals surface area contributed by atoms with Crippen molar-refractivity contribution in [2.45, 2.75) is 25.7 Å². The zero-order valence-corrected chi connectivity index (χ0v) is 19.5. The number of alkyl carbamates (subject to hydrolysis) is 1. The first-order valence-corrected chi connectivity index (χ1v) is 11.7. The van der Waals surface area contributed by atoms with E-state index in [-0.39, 0.29) is 24.0 Å². The normalized spacial score (nSPS) is 11.9. The first kappa shape index (κ1) is 24.0. The third-order valence-corrected chi connectivity index (χ3v) is 6.23. The molecule has 1 aliphatic rings. The lowest BCUT2D eigenvalue weighted by atomic mass is 9.98. The summed E-state index contributed by atoms with van der Waals surface area (Å²) in [4.78, 5) is 35.8. The summed E-state index contributed by atoms with van der Waals surface area (Å²) in [5.74, 6) is -1.28. The molecule has 0 radical (unpaired) electrons. The standard InChI is InChI=1S/C28H28N2O5/c1-2-18-16-19(12-13-20(18)27(32)33)26(31)29-14-7-15-30-28(34)35-17-25-23-10-5-3-8-21(23)22-9-4-6-11-24(22)25/h3-6,8-13,16,25H,2,7,14-15,17H2,1H3,(H,29,31)(H,30,34)(H,32,33). The van der Waals surface area contributed by atoms with E-state index in [0.717, 1.165) is 11.1 Å². The lowest BCUT2D eigenvalue weighted by Gasteiger charge is -2.14. The van der Waals surface area contributed by atoms with Gasteiger partial charge >= 0.3 is 12.1 Å². The largest absolute Gasteiger partial charge is 0.478 e. The Labute approximate surface area is 204 Å². The number of hydrogen-bond acceptors (Lipinski definition) is 4. The van der Waals surface area contributed by atoms with Crippen molar-refractivity contribution in [3.05, 3.63) is 94.5 Å². The van der Waals surface area contributed by atoms with E-state index in [1.807, 2.05) is 31.2 Å². The maximum Gasteiger partial charge on any atom is 0.407 e. The van der Waals surface area contributed by atoms with Crippen LogP contribution in [-0.4, -0.2) is 42.8 Å². The second kappa shape index (κ2) is 10.9. The summed E-state index contributed by atoms with van der Waals surface area (Å²) in [6.45, 7) is 2.82. The number of ether oxygens (including phenoxy) is 1. The van der Waals surface area contributed by atoms with Crippen LogP contribution in [0.3, 0.4) is 0 Å². The lowest BCUT2D eigenvalue weighted by Crippen LogP contribution is -2.31. The minimum absolute atomic E-state index is 0.00738. The Hall–Kier alpha value is -4.13. The van der Waals surface area contributed by atoms with Gasteiger partial charge in [0.1, 0.15) is 6.61 Å². The molecule has 7 nitrogen and oxygen atoms in total. The Morgan fingerprint density at radius 3 is 2.14 bits per heavy atom. The summed E-state index contributed by atoms with van der Waals surface area (Å²) in [6.07, 6.45) is 0.561. The second-order valence-corrected chi connectivity index (χ2v) is 8.39. The number of carbonyl (C=O) groups is 3. The monoisotopic (exact) mass is 472 g/mol. The molecule has 0 aliphatic heterocycles. The highest BCUT2D eigenvalue weighted by Gasteiger charge is 2.28. The van der Waals surface area contributed by atoms with Gasteiger partial charge in [0.15, 0.2) is 0 Å². The van der Waals surface area contributed by atoms with Crippen molar-refractivity contribution < 1.29 is 24.2 Å². The van der Waals surface area contributed by atoms with Crippen LogP contribution in [0.15, 0.2) is 66.7 Å². The number of carbonyl (C=O) groups excluding carboxylic acids is 2. The molecule has 4 rings (SSSR count). The number of amides is 2. The Morgan fingerprint density at radius 2 is 1.51 bits per heavy atom. The molecule has 0 fully saturated rings. The average molecular weight is 473 g/mol. The number of carboxylic acid groups (broad SMARTS) is 1. The summed E-state index contributed by atoms with van der Waals surface area (Å²) >= 11 is 0. The molecule has 3 aromatic carbocycles. The zero-order chi connectivity index (χ0) is 24.8. The highest BCUT2D eigenvalue weighted by atomic mass is 16.5. The van der Waals surface area contributed by atoms with Crippen LogP contribution >= 0.6 is 0 Å². The van der Waals surface area contributed by atoms with E-state index in [9.17, 15) is 19.5 Å². The van der Waals surface area contributed by atoms with Crippen LogP contribution in [-0.2, 0) is 11.2 Å². The minimum Gasteiger partial charge on any atom is -0.478 e. The van der Waals surface area contributed by atoms with Crippen molar-refractivity contribution in [2.75, 3.05) is 19.7 Å². The van der Waals surface area contributed by atoms with Gasteiger partial charge in [-0.25, -0.2) is 9.59 Å². The van der Waals surface area contributed by atoms with E-state index in [0.29, 0.717) is 37.1 Å². The third kappa shape index (κ3) is 5.35. The molecule has 180 valence electrons.